The van der Waals surface area contributed by atoms with Gasteiger partial charge in [-0.25, -0.2) is 0 Å². The summed E-state index contributed by atoms with van der Waals surface area (Å²) in [5.41, 5.74) is 1.07. The Hall–Kier alpha value is -0.640. The highest BCUT2D eigenvalue weighted by Gasteiger charge is 2.15. The van der Waals surface area contributed by atoms with E-state index in [2.05, 4.69) is 10.3 Å². The normalized spacial score (nSPS) is 22.0. The largest absolute Gasteiger partial charge is 0.378 e. The Labute approximate surface area is 83.9 Å². The second-order valence-corrected chi connectivity index (χ2v) is 2.84. The third kappa shape index (κ3) is 2.66. The van der Waals surface area contributed by atoms with Crippen LogP contribution in [0.3, 0.4) is 0 Å². The second kappa shape index (κ2) is 5.17. The van der Waals surface area contributed by atoms with Crippen molar-refractivity contribution in [1.29, 1.82) is 0 Å². The molecule has 0 spiro atoms. The summed E-state index contributed by atoms with van der Waals surface area (Å²) in [6.45, 7) is 2.46. The van der Waals surface area contributed by atoms with E-state index in [-0.39, 0.29) is 18.4 Å². The van der Waals surface area contributed by atoms with Crippen molar-refractivity contribution in [3.8, 4) is 0 Å². The number of pyridine rings is 1. The molecule has 1 aromatic heterocycles. The Morgan fingerprint density at radius 3 is 3.00 bits per heavy atom. The summed E-state index contributed by atoms with van der Waals surface area (Å²) in [5, 5.41) is 3.35. The van der Waals surface area contributed by atoms with Crippen LogP contribution in [0.1, 0.15) is 11.7 Å². The van der Waals surface area contributed by atoms with Crippen LogP contribution in [-0.4, -0.2) is 24.7 Å². The van der Waals surface area contributed by atoms with E-state index in [9.17, 15) is 0 Å². The van der Waals surface area contributed by atoms with Crippen LogP contribution in [0.4, 0.5) is 0 Å². The minimum Gasteiger partial charge on any atom is -0.378 e. The first-order chi connectivity index (χ1) is 5.97. The van der Waals surface area contributed by atoms with Crippen LogP contribution in [0, 0.1) is 0 Å². The van der Waals surface area contributed by atoms with Gasteiger partial charge in [-0.1, -0.05) is 6.07 Å². The lowest BCUT2D eigenvalue weighted by Gasteiger charge is -2.22. The molecule has 72 valence electrons. The fourth-order valence-corrected chi connectivity index (χ4v) is 1.34. The fourth-order valence-electron chi connectivity index (χ4n) is 1.34. The lowest BCUT2D eigenvalue weighted by molar-refractivity contribution is 0.0756. The summed E-state index contributed by atoms with van der Waals surface area (Å²) in [6, 6.07) is 6.22. The van der Waals surface area contributed by atoms with E-state index in [1.807, 2.05) is 24.4 Å². The zero-order chi connectivity index (χ0) is 8.23. The summed E-state index contributed by atoms with van der Waals surface area (Å²) in [6.07, 6.45) is 1.81. The van der Waals surface area contributed by atoms with Gasteiger partial charge < -0.3 is 10.1 Å². The van der Waals surface area contributed by atoms with Gasteiger partial charge in [0.25, 0.3) is 0 Å². The molecule has 0 saturated carbocycles. The van der Waals surface area contributed by atoms with Gasteiger partial charge in [0.15, 0.2) is 0 Å². The molecule has 0 aromatic carbocycles. The molecule has 0 bridgehead atoms. The quantitative estimate of drug-likeness (QED) is 0.739. The van der Waals surface area contributed by atoms with E-state index in [0.717, 1.165) is 25.5 Å². The highest BCUT2D eigenvalue weighted by Crippen LogP contribution is 2.11. The van der Waals surface area contributed by atoms with Crippen LogP contribution in [0.5, 0.6) is 0 Å². The van der Waals surface area contributed by atoms with Crippen LogP contribution in [-0.2, 0) is 4.74 Å². The molecule has 1 atom stereocenters. The lowest BCUT2D eigenvalue weighted by atomic mass is 10.2. The molecule has 0 aliphatic carbocycles. The minimum absolute atomic E-state index is 0. The molecule has 13 heavy (non-hydrogen) atoms. The van der Waals surface area contributed by atoms with Gasteiger partial charge in [0.1, 0.15) is 0 Å². The number of hydrogen-bond acceptors (Lipinski definition) is 3. The molecule has 1 aromatic rings. The summed E-state index contributed by atoms with van der Waals surface area (Å²) in [4.78, 5) is 4.26. The highest BCUT2D eigenvalue weighted by molar-refractivity contribution is 5.85. The SMILES string of the molecule is Cl.c1ccc(C2COCCN2)nc1. The Morgan fingerprint density at radius 1 is 1.46 bits per heavy atom. The first-order valence-electron chi connectivity index (χ1n) is 4.19. The molecule has 0 radical (unpaired) electrons. The van der Waals surface area contributed by atoms with Gasteiger partial charge >= 0.3 is 0 Å². The van der Waals surface area contributed by atoms with Gasteiger partial charge in [-0.05, 0) is 12.1 Å². The molecule has 1 unspecified atom stereocenters. The maximum absolute atomic E-state index is 5.33. The van der Waals surface area contributed by atoms with Crippen molar-refractivity contribution in [2.24, 2.45) is 0 Å². The Kier molecular flexibility index (Phi) is 4.15. The number of nitrogens with one attached hydrogen (secondary N) is 1. The van der Waals surface area contributed by atoms with E-state index in [1.165, 1.54) is 0 Å². The average molecular weight is 201 g/mol. The fraction of sp³-hybridized carbons (Fsp3) is 0.444. The van der Waals surface area contributed by atoms with Gasteiger partial charge in [-0.2, -0.15) is 0 Å². The van der Waals surface area contributed by atoms with Crippen LogP contribution in [0.25, 0.3) is 0 Å². The van der Waals surface area contributed by atoms with E-state index in [0.29, 0.717) is 0 Å². The zero-order valence-electron chi connectivity index (χ0n) is 7.27. The summed E-state index contributed by atoms with van der Waals surface area (Å²) in [5.74, 6) is 0. The Morgan fingerprint density at radius 2 is 2.38 bits per heavy atom. The van der Waals surface area contributed by atoms with Crippen LogP contribution in [0.15, 0.2) is 24.4 Å². The number of aromatic nitrogens is 1. The average Bonchev–Trinajstić information content (AvgIpc) is 2.21. The predicted octanol–water partition coefficient (Wildman–Crippen LogP) is 1.16. The topological polar surface area (TPSA) is 34.1 Å². The van der Waals surface area contributed by atoms with Crippen LogP contribution >= 0.6 is 12.4 Å². The van der Waals surface area contributed by atoms with Crippen molar-refractivity contribution in [2.75, 3.05) is 19.8 Å². The smallest absolute Gasteiger partial charge is 0.0733 e. The summed E-state index contributed by atoms with van der Waals surface area (Å²) in [7, 11) is 0. The molecule has 1 aliphatic heterocycles. The first kappa shape index (κ1) is 10.4. The lowest BCUT2D eigenvalue weighted by Crippen LogP contribution is -2.34. The molecule has 2 rings (SSSR count). The van der Waals surface area contributed by atoms with Crippen molar-refractivity contribution >= 4 is 12.4 Å². The van der Waals surface area contributed by atoms with Gasteiger partial charge in [0.2, 0.25) is 0 Å². The van der Waals surface area contributed by atoms with Gasteiger partial charge in [-0.3, -0.25) is 4.98 Å². The number of hydrogen-bond donors (Lipinski definition) is 1. The van der Waals surface area contributed by atoms with Crippen molar-refractivity contribution in [1.82, 2.24) is 10.3 Å². The number of halogens is 1. The maximum Gasteiger partial charge on any atom is 0.0733 e. The molecule has 3 nitrogen and oxygen atoms in total. The number of morpholine rings is 1. The second-order valence-electron chi connectivity index (χ2n) is 2.84. The molecule has 1 saturated heterocycles. The third-order valence-corrected chi connectivity index (χ3v) is 1.97. The van der Waals surface area contributed by atoms with Gasteiger partial charge in [0, 0.05) is 12.7 Å². The van der Waals surface area contributed by atoms with Gasteiger partial charge in [-0.15, -0.1) is 12.4 Å². The molecule has 1 aliphatic rings. The molecular formula is C9H13ClN2O. The van der Waals surface area contributed by atoms with Crippen molar-refractivity contribution < 1.29 is 4.74 Å². The van der Waals surface area contributed by atoms with E-state index in [4.69, 9.17) is 4.74 Å². The Bertz CT molecular complexity index is 237. The number of rotatable bonds is 1. The molecule has 1 fully saturated rings. The zero-order valence-corrected chi connectivity index (χ0v) is 8.09. The monoisotopic (exact) mass is 200 g/mol. The Balaban J connectivity index is 0.000000845. The van der Waals surface area contributed by atoms with E-state index >= 15 is 0 Å². The highest BCUT2D eigenvalue weighted by atomic mass is 35.5. The molecule has 4 heteroatoms. The molecule has 0 amide bonds. The first-order valence-corrected chi connectivity index (χ1v) is 4.19. The van der Waals surface area contributed by atoms with Crippen LogP contribution < -0.4 is 5.32 Å². The van der Waals surface area contributed by atoms with Crippen LogP contribution in [0.2, 0.25) is 0 Å². The standard InChI is InChI=1S/C9H12N2O.ClH/c1-2-4-10-8(3-1)9-7-12-6-5-11-9;/h1-4,9,11H,5-7H2;1H. The van der Waals surface area contributed by atoms with Gasteiger partial charge in [0.05, 0.1) is 24.9 Å². The summed E-state index contributed by atoms with van der Waals surface area (Å²) < 4.78 is 5.33. The number of nitrogens with zero attached hydrogens (tertiary/aromatic N) is 1. The molecule has 2 heterocycles. The van der Waals surface area contributed by atoms with E-state index in [1.54, 1.807) is 0 Å². The summed E-state index contributed by atoms with van der Waals surface area (Å²) >= 11 is 0. The molecule has 1 N–H and O–H groups in total. The van der Waals surface area contributed by atoms with E-state index < -0.39 is 0 Å². The predicted molar refractivity (Wildman–Crippen MR) is 53.0 cm³/mol. The van der Waals surface area contributed by atoms with Crippen molar-refractivity contribution in [3.63, 3.8) is 0 Å². The van der Waals surface area contributed by atoms with Crippen molar-refractivity contribution in [2.45, 2.75) is 6.04 Å². The van der Waals surface area contributed by atoms with Crippen molar-refractivity contribution in [3.05, 3.63) is 30.1 Å². The third-order valence-electron chi connectivity index (χ3n) is 1.97. The maximum atomic E-state index is 5.33. The number of ether oxygens (including phenoxy) is 1. The molecular weight excluding hydrogens is 188 g/mol. The minimum atomic E-state index is 0.